The number of rotatable bonds is 1. The topological polar surface area (TPSA) is 91.4 Å². The number of thiophene rings is 1. The molecular weight excluding hydrogens is 446 g/mol. The van der Waals surface area contributed by atoms with E-state index in [4.69, 9.17) is 22.1 Å². The first-order valence-corrected chi connectivity index (χ1v) is 10.7. The number of nitrogens with zero attached hydrogens (tertiary/aromatic N) is 2. The molecule has 0 bridgehead atoms. The summed E-state index contributed by atoms with van der Waals surface area (Å²) in [6.45, 7) is 1.87. The zero-order chi connectivity index (χ0) is 21.9. The van der Waals surface area contributed by atoms with Crippen LogP contribution in [0, 0.1) is 23.0 Å². The highest BCUT2D eigenvalue weighted by Gasteiger charge is 2.35. The van der Waals surface area contributed by atoms with Gasteiger partial charge in [0.15, 0.2) is 5.75 Å². The Morgan fingerprint density at radius 1 is 1.32 bits per heavy atom. The van der Waals surface area contributed by atoms with Crippen LogP contribution in [0.15, 0.2) is 18.2 Å². The summed E-state index contributed by atoms with van der Waals surface area (Å²) < 4.78 is 35.8. The number of nitrogen functional groups attached to an aromatic ring is 1. The lowest BCUT2D eigenvalue weighted by molar-refractivity contribution is 0.0606. The summed E-state index contributed by atoms with van der Waals surface area (Å²) in [5.74, 6) is -1.61. The second-order valence-corrected chi connectivity index (χ2v) is 8.77. The van der Waals surface area contributed by atoms with E-state index in [9.17, 15) is 14.4 Å². The van der Waals surface area contributed by atoms with E-state index in [-0.39, 0.29) is 66.7 Å². The summed E-state index contributed by atoms with van der Waals surface area (Å²) >= 11 is 7.50. The lowest BCUT2D eigenvalue weighted by Gasteiger charge is -2.33. The minimum absolute atomic E-state index is 0.0411. The summed E-state index contributed by atoms with van der Waals surface area (Å²) in [6.07, 6.45) is 0. The van der Waals surface area contributed by atoms with Crippen molar-refractivity contribution in [3.63, 3.8) is 0 Å². The molecule has 0 saturated carbocycles. The van der Waals surface area contributed by atoms with Crippen molar-refractivity contribution < 1.29 is 18.3 Å². The molecule has 0 spiro atoms. The molecule has 2 aliphatic heterocycles. The Morgan fingerprint density at radius 3 is 2.90 bits per heavy atom. The fourth-order valence-corrected chi connectivity index (χ4v) is 5.47. The molecule has 1 saturated heterocycles. The highest BCUT2D eigenvalue weighted by atomic mass is 35.5. The number of halogens is 3. The Labute approximate surface area is 184 Å². The fourth-order valence-electron chi connectivity index (χ4n) is 4.17. The van der Waals surface area contributed by atoms with Gasteiger partial charge in [0.05, 0.1) is 26.9 Å². The summed E-state index contributed by atoms with van der Waals surface area (Å²) in [6, 6.07) is 5.39. The summed E-state index contributed by atoms with van der Waals surface area (Å²) in [5.41, 5.74) is 6.14. The number of carbonyl (C=O) groups excluding carboxylic acids is 1. The van der Waals surface area contributed by atoms with Crippen LogP contribution in [0.3, 0.4) is 0 Å². The molecule has 1 aromatic heterocycles. The minimum Gasteiger partial charge on any atom is -0.489 e. The third-order valence-corrected chi connectivity index (χ3v) is 7.02. The molecule has 158 valence electrons. The molecule has 0 aliphatic carbocycles. The number of nitrogens with two attached hydrogens (primary N) is 1. The maximum absolute atomic E-state index is 15.4. The molecule has 2 aliphatic rings. The fraction of sp³-hybridized carbons (Fsp3) is 0.238. The number of benzene rings is 2. The van der Waals surface area contributed by atoms with Crippen LogP contribution in [-0.2, 0) is 0 Å². The molecule has 10 heteroatoms. The van der Waals surface area contributed by atoms with Gasteiger partial charge in [-0.25, -0.2) is 8.78 Å². The van der Waals surface area contributed by atoms with E-state index in [1.165, 1.54) is 12.1 Å². The molecule has 1 amide bonds. The quantitative estimate of drug-likeness (QED) is 0.577. The number of ether oxygens (including phenoxy) is 1. The Hall–Kier alpha value is -2.93. The normalized spacial score (nSPS) is 18.2. The number of nitrogens with one attached hydrogen (secondary N) is 1. The van der Waals surface area contributed by atoms with Gasteiger partial charge in [-0.2, -0.15) is 5.26 Å². The number of amides is 1. The predicted molar refractivity (Wildman–Crippen MR) is 115 cm³/mol. The van der Waals surface area contributed by atoms with Crippen molar-refractivity contribution in [2.75, 3.05) is 32.0 Å². The Kier molecular flexibility index (Phi) is 4.73. The zero-order valence-electron chi connectivity index (χ0n) is 16.0. The largest absolute Gasteiger partial charge is 0.489 e. The second kappa shape index (κ2) is 7.34. The van der Waals surface area contributed by atoms with Crippen LogP contribution in [0.1, 0.15) is 15.9 Å². The lowest BCUT2D eigenvalue weighted by atomic mass is 9.96. The van der Waals surface area contributed by atoms with Crippen LogP contribution in [0.2, 0.25) is 5.02 Å². The van der Waals surface area contributed by atoms with Crippen molar-refractivity contribution in [2.24, 2.45) is 0 Å². The molecule has 6 nitrogen and oxygen atoms in total. The SMILES string of the molecule is N#Cc1c(N)sc2c(F)ccc(-c3c(F)cc4c(c3Cl)OC[C@H]3CNCCN3C4=O)c12. The van der Waals surface area contributed by atoms with Gasteiger partial charge in [-0.1, -0.05) is 17.7 Å². The first-order chi connectivity index (χ1) is 14.9. The maximum Gasteiger partial charge on any atom is 0.258 e. The molecule has 1 atom stereocenters. The van der Waals surface area contributed by atoms with Crippen LogP contribution in [-0.4, -0.2) is 43.1 Å². The van der Waals surface area contributed by atoms with Gasteiger partial charge in [-0.15, -0.1) is 11.3 Å². The molecule has 0 unspecified atom stereocenters. The van der Waals surface area contributed by atoms with E-state index in [2.05, 4.69) is 5.32 Å². The molecule has 31 heavy (non-hydrogen) atoms. The number of anilines is 1. The van der Waals surface area contributed by atoms with Gasteiger partial charge < -0.3 is 20.7 Å². The van der Waals surface area contributed by atoms with Crippen molar-refractivity contribution in [1.82, 2.24) is 10.2 Å². The van der Waals surface area contributed by atoms with Gasteiger partial charge in [-0.3, -0.25) is 4.79 Å². The van der Waals surface area contributed by atoms with Gasteiger partial charge in [0.25, 0.3) is 5.91 Å². The molecule has 5 rings (SSSR count). The molecule has 0 radical (unpaired) electrons. The summed E-state index contributed by atoms with van der Waals surface area (Å²) in [5, 5.41) is 13.0. The minimum atomic E-state index is -0.768. The van der Waals surface area contributed by atoms with Crippen molar-refractivity contribution in [2.45, 2.75) is 6.04 Å². The van der Waals surface area contributed by atoms with E-state index in [1.807, 2.05) is 6.07 Å². The molecule has 3 N–H and O–H groups in total. The van der Waals surface area contributed by atoms with Crippen molar-refractivity contribution >= 4 is 43.9 Å². The Morgan fingerprint density at radius 2 is 2.13 bits per heavy atom. The standard InChI is InChI=1S/C21H15ClF2N4O2S/c22-17-16(10-1-2-13(23)19-15(10)12(6-25)20(26)31-19)14(24)5-11-18(17)30-8-9-7-27-3-4-28(9)21(11)29/h1-2,5,9,27H,3-4,7-8,26H2/t9-/m1/s1. The molecule has 1 fully saturated rings. The van der Waals surface area contributed by atoms with Gasteiger partial charge in [-0.05, 0) is 17.7 Å². The van der Waals surface area contributed by atoms with E-state index in [1.54, 1.807) is 4.90 Å². The van der Waals surface area contributed by atoms with Crippen LogP contribution in [0.25, 0.3) is 21.2 Å². The highest BCUT2D eigenvalue weighted by molar-refractivity contribution is 7.23. The number of carbonyl (C=O) groups is 1. The van der Waals surface area contributed by atoms with E-state index < -0.39 is 11.6 Å². The Bertz CT molecular complexity index is 1300. The van der Waals surface area contributed by atoms with Crippen LogP contribution >= 0.6 is 22.9 Å². The third-order valence-electron chi connectivity index (χ3n) is 5.63. The molecular formula is C21H15ClF2N4O2S. The average Bonchev–Trinajstić information content (AvgIpc) is 3.03. The predicted octanol–water partition coefficient (Wildman–Crippen LogP) is 3.76. The number of hydrogen-bond donors (Lipinski definition) is 2. The molecule has 3 heterocycles. The second-order valence-electron chi connectivity index (χ2n) is 7.34. The van der Waals surface area contributed by atoms with E-state index >= 15 is 4.39 Å². The smallest absolute Gasteiger partial charge is 0.258 e. The average molecular weight is 461 g/mol. The van der Waals surface area contributed by atoms with Gasteiger partial charge in [0.2, 0.25) is 0 Å². The zero-order valence-corrected chi connectivity index (χ0v) is 17.5. The van der Waals surface area contributed by atoms with Gasteiger partial charge in [0, 0.05) is 30.6 Å². The Balaban J connectivity index is 1.76. The third kappa shape index (κ3) is 2.94. The first kappa shape index (κ1) is 20.0. The number of nitriles is 1. The lowest BCUT2D eigenvalue weighted by Crippen LogP contribution is -2.54. The molecule has 3 aromatic rings. The van der Waals surface area contributed by atoms with Gasteiger partial charge in [0.1, 0.15) is 29.3 Å². The monoisotopic (exact) mass is 460 g/mol. The number of piperazine rings is 1. The maximum atomic E-state index is 15.4. The van der Waals surface area contributed by atoms with Crippen LogP contribution in [0.4, 0.5) is 13.8 Å². The van der Waals surface area contributed by atoms with Crippen LogP contribution in [0.5, 0.6) is 5.75 Å². The summed E-state index contributed by atoms with van der Waals surface area (Å²) in [4.78, 5) is 14.7. The van der Waals surface area contributed by atoms with Gasteiger partial charge >= 0.3 is 0 Å². The number of fused-ring (bicyclic) bond motifs is 3. The number of hydrogen-bond acceptors (Lipinski definition) is 6. The summed E-state index contributed by atoms with van der Waals surface area (Å²) in [7, 11) is 0. The van der Waals surface area contributed by atoms with E-state index in [0.29, 0.717) is 19.6 Å². The van der Waals surface area contributed by atoms with Crippen molar-refractivity contribution in [1.29, 1.82) is 5.26 Å². The van der Waals surface area contributed by atoms with Crippen LogP contribution < -0.4 is 15.8 Å². The van der Waals surface area contributed by atoms with E-state index in [0.717, 1.165) is 17.4 Å². The first-order valence-electron chi connectivity index (χ1n) is 9.49. The van der Waals surface area contributed by atoms with Crippen molar-refractivity contribution in [3.05, 3.63) is 46.0 Å². The highest BCUT2D eigenvalue weighted by Crippen LogP contribution is 2.47. The van der Waals surface area contributed by atoms with Crippen molar-refractivity contribution in [3.8, 4) is 22.9 Å². The molecule has 2 aromatic carbocycles.